The summed E-state index contributed by atoms with van der Waals surface area (Å²) < 4.78 is 0. The first-order valence-corrected chi connectivity index (χ1v) is 4.90. The predicted octanol–water partition coefficient (Wildman–Crippen LogP) is 2.90. The Morgan fingerprint density at radius 3 is 2.21 bits per heavy atom. The number of carboxylic acid groups (broad SMARTS) is 1. The lowest BCUT2D eigenvalue weighted by Gasteiger charge is -2.32. The molecule has 1 aliphatic carbocycles. The van der Waals surface area contributed by atoms with Crippen LogP contribution in [0.1, 0.15) is 31.2 Å². The van der Waals surface area contributed by atoms with Crippen molar-refractivity contribution in [3.8, 4) is 0 Å². The van der Waals surface area contributed by atoms with Crippen LogP contribution in [-0.2, 0) is 4.79 Å². The second-order valence-electron chi connectivity index (χ2n) is 3.79. The van der Waals surface area contributed by atoms with E-state index in [1.54, 1.807) is 0 Å². The van der Waals surface area contributed by atoms with Crippen molar-refractivity contribution >= 4 is 6.47 Å². The quantitative estimate of drug-likeness (QED) is 0.695. The largest absolute Gasteiger partial charge is 0.483 e. The predicted molar refractivity (Wildman–Crippen MR) is 56.3 cm³/mol. The van der Waals surface area contributed by atoms with E-state index in [0.29, 0.717) is 0 Å². The summed E-state index contributed by atoms with van der Waals surface area (Å²) in [4.78, 5) is 8.36. The van der Waals surface area contributed by atoms with Crippen molar-refractivity contribution in [1.29, 1.82) is 0 Å². The second kappa shape index (κ2) is 5.43. The number of carbonyl (C=O) groups is 1. The van der Waals surface area contributed by atoms with Crippen LogP contribution in [0.15, 0.2) is 30.3 Å². The van der Waals surface area contributed by atoms with Gasteiger partial charge in [0.05, 0.1) is 0 Å². The van der Waals surface area contributed by atoms with E-state index in [4.69, 9.17) is 9.90 Å². The Morgan fingerprint density at radius 1 is 1.29 bits per heavy atom. The van der Waals surface area contributed by atoms with Crippen LogP contribution in [0.3, 0.4) is 0 Å². The fraction of sp³-hybridized carbons (Fsp3) is 0.417. The summed E-state index contributed by atoms with van der Waals surface area (Å²) >= 11 is 0. The average Bonchev–Trinajstić information content (AvgIpc) is 2.16. The molecule has 0 unspecified atom stereocenters. The van der Waals surface area contributed by atoms with Gasteiger partial charge in [-0.25, -0.2) is 0 Å². The van der Waals surface area contributed by atoms with Gasteiger partial charge in [-0.05, 0) is 30.2 Å². The molecule has 2 rings (SSSR count). The first-order valence-electron chi connectivity index (χ1n) is 4.90. The maximum atomic E-state index is 8.36. The van der Waals surface area contributed by atoms with Crippen LogP contribution in [-0.4, -0.2) is 11.6 Å². The Kier molecular flexibility index (Phi) is 4.17. The highest BCUT2D eigenvalue weighted by molar-refractivity contribution is 5.32. The summed E-state index contributed by atoms with van der Waals surface area (Å²) in [6, 6.07) is 10.9. The molecule has 0 heterocycles. The molecule has 1 aliphatic rings. The van der Waals surface area contributed by atoms with Crippen molar-refractivity contribution in [3.05, 3.63) is 35.9 Å². The Balaban J connectivity index is 0.000000293. The first-order chi connectivity index (χ1) is 6.77. The Labute approximate surface area is 84.6 Å². The van der Waals surface area contributed by atoms with Gasteiger partial charge >= 0.3 is 0 Å². The summed E-state index contributed by atoms with van der Waals surface area (Å²) in [5.41, 5.74) is 1.53. The van der Waals surface area contributed by atoms with Crippen LogP contribution in [0.5, 0.6) is 0 Å². The van der Waals surface area contributed by atoms with Crippen LogP contribution in [0, 0.1) is 5.92 Å². The highest BCUT2D eigenvalue weighted by Crippen LogP contribution is 2.40. The number of hydrogen-bond donors (Lipinski definition) is 1. The van der Waals surface area contributed by atoms with Gasteiger partial charge in [0, 0.05) is 0 Å². The minimum Gasteiger partial charge on any atom is -0.483 e. The molecule has 1 aromatic carbocycles. The summed E-state index contributed by atoms with van der Waals surface area (Å²) in [5.74, 6) is 1.83. The van der Waals surface area contributed by atoms with Crippen LogP contribution in [0.25, 0.3) is 0 Å². The summed E-state index contributed by atoms with van der Waals surface area (Å²) in [6.45, 7) is 2.08. The van der Waals surface area contributed by atoms with Gasteiger partial charge in [0.25, 0.3) is 6.47 Å². The number of hydrogen-bond acceptors (Lipinski definition) is 1. The molecule has 1 N–H and O–H groups in total. The van der Waals surface area contributed by atoms with Crippen molar-refractivity contribution in [2.75, 3.05) is 0 Å². The van der Waals surface area contributed by atoms with Gasteiger partial charge in [-0.2, -0.15) is 0 Å². The van der Waals surface area contributed by atoms with Crippen molar-refractivity contribution in [1.82, 2.24) is 0 Å². The third kappa shape index (κ3) is 2.87. The Hall–Kier alpha value is -1.31. The van der Waals surface area contributed by atoms with Gasteiger partial charge < -0.3 is 5.11 Å². The molecule has 14 heavy (non-hydrogen) atoms. The standard InChI is InChI=1S/C11H14.CH2O2/c1-9-7-11(8-9)10-5-3-2-4-6-10;2-1-3/h2-6,9,11H,7-8H2,1H3;1H,(H,2,3). The monoisotopic (exact) mass is 192 g/mol. The second-order valence-corrected chi connectivity index (χ2v) is 3.79. The molecule has 0 aliphatic heterocycles. The van der Waals surface area contributed by atoms with Crippen LogP contribution in [0.4, 0.5) is 0 Å². The number of benzene rings is 1. The van der Waals surface area contributed by atoms with E-state index in [1.165, 1.54) is 18.4 Å². The van der Waals surface area contributed by atoms with Crippen LogP contribution in [0.2, 0.25) is 0 Å². The fourth-order valence-electron chi connectivity index (χ4n) is 1.90. The van der Waals surface area contributed by atoms with Gasteiger partial charge in [-0.15, -0.1) is 0 Å². The molecule has 0 radical (unpaired) electrons. The van der Waals surface area contributed by atoms with E-state index in [0.717, 1.165) is 11.8 Å². The molecule has 0 bridgehead atoms. The van der Waals surface area contributed by atoms with Gasteiger partial charge in [0.1, 0.15) is 0 Å². The highest BCUT2D eigenvalue weighted by Gasteiger charge is 2.25. The zero-order valence-corrected chi connectivity index (χ0v) is 8.39. The molecule has 76 valence electrons. The molecule has 1 aromatic rings. The molecular weight excluding hydrogens is 176 g/mol. The lowest BCUT2D eigenvalue weighted by molar-refractivity contribution is -0.122. The molecule has 0 aromatic heterocycles. The zero-order chi connectivity index (χ0) is 10.4. The molecule has 1 saturated carbocycles. The van der Waals surface area contributed by atoms with E-state index in [2.05, 4.69) is 37.3 Å². The van der Waals surface area contributed by atoms with E-state index < -0.39 is 0 Å². The Morgan fingerprint density at radius 2 is 1.79 bits per heavy atom. The highest BCUT2D eigenvalue weighted by atomic mass is 16.3. The van der Waals surface area contributed by atoms with Gasteiger partial charge in [-0.3, -0.25) is 4.79 Å². The third-order valence-electron chi connectivity index (χ3n) is 2.64. The fourth-order valence-corrected chi connectivity index (χ4v) is 1.90. The first kappa shape index (κ1) is 10.8. The van der Waals surface area contributed by atoms with E-state index in [-0.39, 0.29) is 6.47 Å². The van der Waals surface area contributed by atoms with Gasteiger partial charge in [-0.1, -0.05) is 37.3 Å². The minimum absolute atomic E-state index is 0.250. The van der Waals surface area contributed by atoms with E-state index in [9.17, 15) is 0 Å². The Bertz CT molecular complexity index is 263. The normalized spacial score (nSPS) is 24.1. The summed E-state index contributed by atoms with van der Waals surface area (Å²) in [5, 5.41) is 6.89. The summed E-state index contributed by atoms with van der Waals surface area (Å²) in [6.07, 6.45) is 2.79. The maximum absolute atomic E-state index is 8.36. The molecule has 0 atom stereocenters. The van der Waals surface area contributed by atoms with Gasteiger partial charge in [0.2, 0.25) is 0 Å². The van der Waals surface area contributed by atoms with E-state index >= 15 is 0 Å². The topological polar surface area (TPSA) is 37.3 Å². The molecule has 1 fully saturated rings. The van der Waals surface area contributed by atoms with E-state index in [1.807, 2.05) is 0 Å². The van der Waals surface area contributed by atoms with Crippen molar-refractivity contribution in [2.45, 2.75) is 25.7 Å². The summed E-state index contributed by atoms with van der Waals surface area (Å²) in [7, 11) is 0. The van der Waals surface area contributed by atoms with Crippen molar-refractivity contribution < 1.29 is 9.90 Å². The molecular formula is C12H16O2. The molecule has 0 spiro atoms. The average molecular weight is 192 g/mol. The molecule has 0 amide bonds. The molecule has 2 nitrogen and oxygen atoms in total. The lowest BCUT2D eigenvalue weighted by Crippen LogP contribution is -2.18. The zero-order valence-electron chi connectivity index (χ0n) is 8.39. The van der Waals surface area contributed by atoms with Crippen molar-refractivity contribution in [2.24, 2.45) is 5.92 Å². The SMILES string of the molecule is CC1CC(c2ccccc2)C1.O=CO. The van der Waals surface area contributed by atoms with Crippen LogP contribution >= 0.6 is 0 Å². The van der Waals surface area contributed by atoms with Crippen LogP contribution < -0.4 is 0 Å². The minimum atomic E-state index is -0.250. The van der Waals surface area contributed by atoms with Gasteiger partial charge in [0.15, 0.2) is 0 Å². The van der Waals surface area contributed by atoms with Crippen molar-refractivity contribution in [3.63, 3.8) is 0 Å². The molecule has 0 saturated heterocycles. The smallest absolute Gasteiger partial charge is 0.290 e. The maximum Gasteiger partial charge on any atom is 0.290 e. The number of rotatable bonds is 1. The lowest BCUT2D eigenvalue weighted by atomic mass is 9.72. The molecule has 2 heteroatoms. The third-order valence-corrected chi connectivity index (χ3v) is 2.64.